The Hall–Kier alpha value is -0.560. The molecule has 0 atom stereocenters. The molecule has 0 aliphatic rings. The predicted molar refractivity (Wildman–Crippen MR) is 42.5 cm³/mol. The first-order valence-electron chi connectivity index (χ1n) is 3.34. The standard InChI is InChI=1S/C8H15N/c1-3-5-7-9-8-6-4-2/h3-4,6,9H,1,5,7-8H2,2H3. The van der Waals surface area contributed by atoms with Gasteiger partial charge in [0.25, 0.3) is 0 Å². The smallest absolute Gasteiger partial charge is 0.0134 e. The molecule has 0 saturated heterocycles. The quantitative estimate of drug-likeness (QED) is 0.436. The highest BCUT2D eigenvalue weighted by atomic mass is 14.8. The number of hydrogen-bond donors (Lipinski definition) is 1. The molecular weight excluding hydrogens is 110 g/mol. The summed E-state index contributed by atoms with van der Waals surface area (Å²) < 4.78 is 0. The lowest BCUT2D eigenvalue weighted by molar-refractivity contribution is 0.757. The van der Waals surface area contributed by atoms with Crippen molar-refractivity contribution in [2.75, 3.05) is 13.1 Å². The summed E-state index contributed by atoms with van der Waals surface area (Å²) in [6, 6.07) is 0. The fourth-order valence-electron chi connectivity index (χ4n) is 0.507. The highest BCUT2D eigenvalue weighted by Gasteiger charge is 1.76. The topological polar surface area (TPSA) is 12.0 Å². The molecule has 0 aromatic heterocycles. The fraction of sp³-hybridized carbons (Fsp3) is 0.500. The molecule has 0 aliphatic carbocycles. The molecule has 1 nitrogen and oxygen atoms in total. The van der Waals surface area contributed by atoms with Crippen molar-refractivity contribution in [3.05, 3.63) is 24.8 Å². The van der Waals surface area contributed by atoms with Crippen molar-refractivity contribution in [1.82, 2.24) is 5.32 Å². The zero-order valence-electron chi connectivity index (χ0n) is 6.06. The Morgan fingerprint density at radius 3 is 2.89 bits per heavy atom. The second-order valence-electron chi connectivity index (χ2n) is 1.85. The first-order valence-corrected chi connectivity index (χ1v) is 3.34. The molecule has 0 radical (unpaired) electrons. The largest absolute Gasteiger partial charge is 0.313 e. The molecule has 1 heteroatoms. The zero-order valence-corrected chi connectivity index (χ0v) is 6.06. The van der Waals surface area contributed by atoms with Crippen LogP contribution in [0.1, 0.15) is 13.3 Å². The zero-order chi connectivity index (χ0) is 6.95. The van der Waals surface area contributed by atoms with E-state index in [1.165, 1.54) is 0 Å². The van der Waals surface area contributed by atoms with E-state index in [1.807, 2.05) is 19.1 Å². The lowest BCUT2D eigenvalue weighted by Crippen LogP contribution is -2.13. The van der Waals surface area contributed by atoms with E-state index in [0.717, 1.165) is 19.5 Å². The Bertz CT molecular complexity index is 84.6. The summed E-state index contributed by atoms with van der Waals surface area (Å²) in [6.45, 7) is 7.66. The van der Waals surface area contributed by atoms with E-state index in [4.69, 9.17) is 0 Å². The average Bonchev–Trinajstić information content (AvgIpc) is 1.89. The van der Waals surface area contributed by atoms with Crippen LogP contribution in [0, 0.1) is 0 Å². The van der Waals surface area contributed by atoms with Crippen molar-refractivity contribution in [2.24, 2.45) is 0 Å². The maximum absolute atomic E-state index is 3.62. The second kappa shape index (κ2) is 7.44. The second-order valence-corrected chi connectivity index (χ2v) is 1.85. The van der Waals surface area contributed by atoms with Gasteiger partial charge in [-0.3, -0.25) is 0 Å². The summed E-state index contributed by atoms with van der Waals surface area (Å²) in [5.41, 5.74) is 0. The monoisotopic (exact) mass is 125 g/mol. The third-order valence-corrected chi connectivity index (χ3v) is 1.02. The molecular formula is C8H15N. The van der Waals surface area contributed by atoms with Crippen LogP contribution in [0.15, 0.2) is 24.8 Å². The van der Waals surface area contributed by atoms with Crippen LogP contribution in [0.5, 0.6) is 0 Å². The van der Waals surface area contributed by atoms with Gasteiger partial charge in [0.15, 0.2) is 0 Å². The molecule has 1 N–H and O–H groups in total. The number of nitrogens with one attached hydrogen (secondary N) is 1. The average molecular weight is 125 g/mol. The number of rotatable bonds is 5. The van der Waals surface area contributed by atoms with Crippen LogP contribution in [0.3, 0.4) is 0 Å². The molecule has 0 aromatic rings. The normalized spacial score (nSPS) is 10.3. The van der Waals surface area contributed by atoms with Gasteiger partial charge in [-0.2, -0.15) is 0 Å². The molecule has 52 valence electrons. The van der Waals surface area contributed by atoms with Crippen LogP contribution < -0.4 is 5.32 Å². The minimum absolute atomic E-state index is 0.977. The predicted octanol–water partition coefficient (Wildman–Crippen LogP) is 1.73. The minimum Gasteiger partial charge on any atom is -0.313 e. The molecule has 0 saturated carbocycles. The molecule has 0 amide bonds. The summed E-state index contributed by atoms with van der Waals surface area (Å²) in [5.74, 6) is 0. The lowest BCUT2D eigenvalue weighted by atomic mass is 10.4. The number of hydrogen-bond acceptors (Lipinski definition) is 1. The van der Waals surface area contributed by atoms with Gasteiger partial charge in [0.2, 0.25) is 0 Å². The summed E-state index contributed by atoms with van der Waals surface area (Å²) in [7, 11) is 0. The Balaban J connectivity index is 2.82. The SMILES string of the molecule is C=CCCNCC=CC. The molecule has 9 heavy (non-hydrogen) atoms. The van der Waals surface area contributed by atoms with Crippen LogP contribution >= 0.6 is 0 Å². The highest BCUT2D eigenvalue weighted by molar-refractivity contribution is 4.79. The minimum atomic E-state index is 0.977. The van der Waals surface area contributed by atoms with E-state index < -0.39 is 0 Å². The van der Waals surface area contributed by atoms with Crippen LogP contribution in [-0.4, -0.2) is 13.1 Å². The third kappa shape index (κ3) is 7.44. The van der Waals surface area contributed by atoms with Crippen LogP contribution in [0.4, 0.5) is 0 Å². The van der Waals surface area contributed by atoms with E-state index in [2.05, 4.69) is 18.0 Å². The molecule has 0 aromatic carbocycles. The van der Waals surface area contributed by atoms with Crippen molar-refractivity contribution in [3.63, 3.8) is 0 Å². The Morgan fingerprint density at radius 1 is 1.56 bits per heavy atom. The van der Waals surface area contributed by atoms with Crippen molar-refractivity contribution in [3.8, 4) is 0 Å². The van der Waals surface area contributed by atoms with Crippen molar-refractivity contribution < 1.29 is 0 Å². The highest BCUT2D eigenvalue weighted by Crippen LogP contribution is 1.74. The number of allylic oxidation sites excluding steroid dienone is 1. The maximum atomic E-state index is 3.62. The maximum Gasteiger partial charge on any atom is 0.0134 e. The van der Waals surface area contributed by atoms with Crippen LogP contribution in [0.2, 0.25) is 0 Å². The fourth-order valence-corrected chi connectivity index (χ4v) is 0.507. The molecule has 0 unspecified atom stereocenters. The van der Waals surface area contributed by atoms with Gasteiger partial charge in [-0.1, -0.05) is 18.2 Å². The van der Waals surface area contributed by atoms with E-state index in [0.29, 0.717) is 0 Å². The molecule has 0 bridgehead atoms. The third-order valence-electron chi connectivity index (χ3n) is 1.02. The van der Waals surface area contributed by atoms with Crippen LogP contribution in [-0.2, 0) is 0 Å². The van der Waals surface area contributed by atoms with E-state index in [1.54, 1.807) is 0 Å². The Labute approximate surface area is 57.5 Å². The van der Waals surface area contributed by atoms with Gasteiger partial charge in [-0.25, -0.2) is 0 Å². The molecule has 0 heterocycles. The van der Waals surface area contributed by atoms with E-state index >= 15 is 0 Å². The first-order chi connectivity index (χ1) is 4.41. The van der Waals surface area contributed by atoms with Crippen molar-refractivity contribution >= 4 is 0 Å². The summed E-state index contributed by atoms with van der Waals surface area (Å²) in [4.78, 5) is 0. The van der Waals surface area contributed by atoms with Crippen molar-refractivity contribution in [2.45, 2.75) is 13.3 Å². The van der Waals surface area contributed by atoms with Gasteiger partial charge in [0.1, 0.15) is 0 Å². The molecule has 0 fully saturated rings. The van der Waals surface area contributed by atoms with Gasteiger partial charge in [-0.05, 0) is 19.9 Å². The molecule has 0 rings (SSSR count). The molecule has 0 spiro atoms. The van der Waals surface area contributed by atoms with Crippen molar-refractivity contribution in [1.29, 1.82) is 0 Å². The summed E-state index contributed by atoms with van der Waals surface area (Å²) >= 11 is 0. The van der Waals surface area contributed by atoms with Gasteiger partial charge in [-0.15, -0.1) is 6.58 Å². The van der Waals surface area contributed by atoms with E-state index in [9.17, 15) is 0 Å². The van der Waals surface area contributed by atoms with Gasteiger partial charge >= 0.3 is 0 Å². The summed E-state index contributed by atoms with van der Waals surface area (Å²) in [6.07, 6.45) is 7.12. The molecule has 0 aliphatic heterocycles. The summed E-state index contributed by atoms with van der Waals surface area (Å²) in [5, 5.41) is 3.23. The first kappa shape index (κ1) is 8.44. The van der Waals surface area contributed by atoms with Crippen LogP contribution in [0.25, 0.3) is 0 Å². The lowest BCUT2D eigenvalue weighted by Gasteiger charge is -1.94. The van der Waals surface area contributed by atoms with Gasteiger partial charge in [0, 0.05) is 6.54 Å². The Kier molecular flexibility index (Phi) is 6.98. The van der Waals surface area contributed by atoms with E-state index in [-0.39, 0.29) is 0 Å². The van der Waals surface area contributed by atoms with Gasteiger partial charge in [0.05, 0.1) is 0 Å². The Morgan fingerprint density at radius 2 is 2.33 bits per heavy atom. The van der Waals surface area contributed by atoms with Gasteiger partial charge < -0.3 is 5.32 Å².